The number of benzene rings is 2. The molecule has 3 amide bonds. The molecular weight excluding hydrogens is 494 g/mol. The summed E-state index contributed by atoms with van der Waals surface area (Å²) in [5.74, 6) is 0.420. The molecule has 1 saturated carbocycles. The predicted molar refractivity (Wildman–Crippen MR) is 153 cm³/mol. The van der Waals surface area contributed by atoms with E-state index in [2.05, 4.69) is 17.6 Å². The third-order valence-electron chi connectivity index (χ3n) is 6.65. The van der Waals surface area contributed by atoms with Gasteiger partial charge in [0, 0.05) is 11.7 Å². The number of alkyl carbamates (subject to hydrolysis) is 1. The zero-order valence-electron chi connectivity index (χ0n) is 24.4. The van der Waals surface area contributed by atoms with Crippen LogP contribution >= 0.6 is 0 Å². The quantitative estimate of drug-likeness (QED) is 0.396. The second-order valence-corrected chi connectivity index (χ2v) is 11.9. The van der Waals surface area contributed by atoms with E-state index in [1.54, 1.807) is 57.0 Å². The number of carbonyl (C=O) groups excluding carboxylic acids is 3. The van der Waals surface area contributed by atoms with Crippen LogP contribution in [0.1, 0.15) is 71.6 Å². The van der Waals surface area contributed by atoms with Crippen LogP contribution in [0.4, 0.5) is 10.5 Å². The minimum absolute atomic E-state index is 0.123. The van der Waals surface area contributed by atoms with E-state index in [0.717, 1.165) is 12.0 Å². The van der Waals surface area contributed by atoms with Crippen molar-refractivity contribution in [2.24, 2.45) is 11.8 Å². The molecular formula is C31H43N3O5. The molecule has 0 saturated heterocycles. The van der Waals surface area contributed by atoms with Crippen LogP contribution < -0.4 is 15.4 Å². The topological polar surface area (TPSA) is 97.0 Å². The predicted octanol–water partition coefficient (Wildman–Crippen LogP) is 5.86. The molecule has 39 heavy (non-hydrogen) atoms. The number of rotatable bonds is 10. The van der Waals surface area contributed by atoms with Crippen LogP contribution in [0.5, 0.6) is 5.75 Å². The van der Waals surface area contributed by atoms with Crippen molar-refractivity contribution in [1.82, 2.24) is 10.2 Å². The van der Waals surface area contributed by atoms with E-state index in [4.69, 9.17) is 9.47 Å². The lowest BCUT2D eigenvalue weighted by molar-refractivity contribution is -0.142. The van der Waals surface area contributed by atoms with E-state index in [1.807, 2.05) is 45.0 Å². The molecule has 0 aromatic heterocycles. The van der Waals surface area contributed by atoms with Crippen molar-refractivity contribution in [1.29, 1.82) is 0 Å². The summed E-state index contributed by atoms with van der Waals surface area (Å²) in [7, 11) is 1.58. The van der Waals surface area contributed by atoms with Crippen molar-refractivity contribution in [3.05, 3.63) is 59.7 Å². The minimum atomic E-state index is -0.884. The molecule has 2 N–H and O–H groups in total. The van der Waals surface area contributed by atoms with Crippen molar-refractivity contribution >= 4 is 23.6 Å². The Morgan fingerprint density at radius 3 is 2.10 bits per heavy atom. The van der Waals surface area contributed by atoms with Gasteiger partial charge in [0.1, 0.15) is 23.4 Å². The molecule has 1 aliphatic rings. The summed E-state index contributed by atoms with van der Waals surface area (Å²) in [4.78, 5) is 42.6. The fourth-order valence-corrected chi connectivity index (χ4v) is 4.57. The lowest BCUT2D eigenvalue weighted by Gasteiger charge is -2.35. The first-order valence-corrected chi connectivity index (χ1v) is 13.6. The number of aryl methyl sites for hydroxylation is 1. The third-order valence-corrected chi connectivity index (χ3v) is 6.65. The SMILES string of the molecule is COc1ccc(NC(=O)C(c2ccc(C)cc2)N(C(=O)C(CC(C)C)NC(=O)OC(C)(C)C)C2CC2C)cc1. The zero-order valence-corrected chi connectivity index (χ0v) is 24.4. The Kier molecular flexibility index (Phi) is 9.64. The van der Waals surface area contributed by atoms with Crippen LogP contribution in [0.3, 0.4) is 0 Å². The summed E-state index contributed by atoms with van der Waals surface area (Å²) < 4.78 is 10.7. The van der Waals surface area contributed by atoms with Gasteiger partial charge >= 0.3 is 6.09 Å². The normalized spacial score (nSPS) is 18.1. The number of hydrogen-bond acceptors (Lipinski definition) is 5. The van der Waals surface area contributed by atoms with Gasteiger partial charge in [-0.05, 0) is 82.2 Å². The fraction of sp³-hybridized carbons (Fsp3) is 0.516. The van der Waals surface area contributed by atoms with Gasteiger partial charge in [-0.15, -0.1) is 0 Å². The molecule has 8 heteroatoms. The maximum atomic E-state index is 14.3. The first-order valence-electron chi connectivity index (χ1n) is 13.6. The Morgan fingerprint density at radius 1 is 1.03 bits per heavy atom. The van der Waals surface area contributed by atoms with E-state index >= 15 is 0 Å². The fourth-order valence-electron chi connectivity index (χ4n) is 4.57. The first kappa shape index (κ1) is 30.0. The molecule has 0 aliphatic heterocycles. The van der Waals surface area contributed by atoms with Crippen molar-refractivity contribution in [2.45, 2.75) is 85.0 Å². The Bertz CT molecular complexity index is 1140. The van der Waals surface area contributed by atoms with Crippen LogP contribution in [0.2, 0.25) is 0 Å². The van der Waals surface area contributed by atoms with Crippen LogP contribution in [0.25, 0.3) is 0 Å². The Morgan fingerprint density at radius 2 is 1.62 bits per heavy atom. The van der Waals surface area contributed by atoms with Crippen LogP contribution in [-0.4, -0.2) is 47.6 Å². The molecule has 0 spiro atoms. The van der Waals surface area contributed by atoms with E-state index < -0.39 is 23.8 Å². The number of nitrogens with one attached hydrogen (secondary N) is 2. The second kappa shape index (κ2) is 12.5. The smallest absolute Gasteiger partial charge is 0.408 e. The molecule has 212 valence electrons. The highest BCUT2D eigenvalue weighted by molar-refractivity contribution is 5.99. The highest BCUT2D eigenvalue weighted by Gasteiger charge is 2.48. The van der Waals surface area contributed by atoms with Gasteiger partial charge in [0.05, 0.1) is 7.11 Å². The molecule has 0 bridgehead atoms. The molecule has 3 rings (SSSR count). The molecule has 4 unspecified atom stereocenters. The first-order chi connectivity index (χ1) is 18.3. The maximum absolute atomic E-state index is 14.3. The lowest BCUT2D eigenvalue weighted by Crippen LogP contribution is -2.53. The summed E-state index contributed by atoms with van der Waals surface area (Å²) in [6.45, 7) is 13.4. The van der Waals surface area contributed by atoms with E-state index in [0.29, 0.717) is 23.4 Å². The monoisotopic (exact) mass is 537 g/mol. The minimum Gasteiger partial charge on any atom is -0.497 e. The molecule has 8 nitrogen and oxygen atoms in total. The maximum Gasteiger partial charge on any atom is 0.408 e. The Hall–Kier alpha value is -3.55. The molecule has 0 heterocycles. The summed E-state index contributed by atoms with van der Waals surface area (Å²) in [6, 6.07) is 12.9. The molecule has 1 aliphatic carbocycles. The number of methoxy groups -OCH3 is 1. The van der Waals surface area contributed by atoms with Crippen LogP contribution in [-0.2, 0) is 14.3 Å². The molecule has 4 atom stereocenters. The number of nitrogens with zero attached hydrogens (tertiary/aromatic N) is 1. The summed E-state index contributed by atoms with van der Waals surface area (Å²) >= 11 is 0. The molecule has 2 aromatic rings. The van der Waals surface area contributed by atoms with Crippen molar-refractivity contribution in [3.8, 4) is 5.75 Å². The second-order valence-electron chi connectivity index (χ2n) is 11.9. The molecule has 2 aromatic carbocycles. The van der Waals surface area contributed by atoms with Crippen molar-refractivity contribution in [3.63, 3.8) is 0 Å². The number of ether oxygens (including phenoxy) is 2. The van der Waals surface area contributed by atoms with Gasteiger partial charge in [-0.3, -0.25) is 9.59 Å². The van der Waals surface area contributed by atoms with E-state index in [-0.39, 0.29) is 29.7 Å². The zero-order chi connectivity index (χ0) is 28.9. The lowest BCUT2D eigenvalue weighted by atomic mass is 9.98. The van der Waals surface area contributed by atoms with E-state index in [1.165, 1.54) is 0 Å². The highest BCUT2D eigenvalue weighted by atomic mass is 16.6. The average Bonchev–Trinajstić information content (AvgIpc) is 3.57. The van der Waals surface area contributed by atoms with Gasteiger partial charge in [-0.1, -0.05) is 50.6 Å². The Labute approximate surface area is 232 Å². The summed E-state index contributed by atoms with van der Waals surface area (Å²) in [5, 5.41) is 5.79. The Balaban J connectivity index is 2.00. The van der Waals surface area contributed by atoms with Crippen molar-refractivity contribution < 1.29 is 23.9 Å². The summed E-state index contributed by atoms with van der Waals surface area (Å²) in [5.41, 5.74) is 1.65. The number of anilines is 1. The third kappa shape index (κ3) is 8.47. The van der Waals surface area contributed by atoms with Gasteiger partial charge in [-0.2, -0.15) is 0 Å². The molecule has 0 radical (unpaired) electrons. The van der Waals surface area contributed by atoms with Gasteiger partial charge in [0.2, 0.25) is 5.91 Å². The van der Waals surface area contributed by atoms with E-state index in [9.17, 15) is 14.4 Å². The van der Waals surface area contributed by atoms with Crippen molar-refractivity contribution in [2.75, 3.05) is 12.4 Å². The van der Waals surface area contributed by atoms with Crippen LogP contribution in [0.15, 0.2) is 48.5 Å². The average molecular weight is 538 g/mol. The van der Waals surface area contributed by atoms with Gasteiger partial charge in [-0.25, -0.2) is 4.79 Å². The highest BCUT2D eigenvalue weighted by Crippen LogP contribution is 2.41. The number of carbonyl (C=O) groups is 3. The molecule has 1 fully saturated rings. The van der Waals surface area contributed by atoms with Gasteiger partial charge < -0.3 is 25.0 Å². The van der Waals surface area contributed by atoms with Crippen LogP contribution in [0, 0.1) is 18.8 Å². The number of amides is 3. The standard InChI is InChI=1S/C31H43N3O5/c1-19(2)17-25(33-30(37)39-31(5,6)7)29(36)34(26-18-21(26)4)27(22-11-9-20(3)10-12-22)28(35)32-23-13-15-24(38-8)16-14-23/h9-16,19,21,25-27H,17-18H2,1-8H3,(H,32,35)(H,33,37). The van der Waals surface area contributed by atoms with Gasteiger partial charge in [0.25, 0.3) is 5.91 Å². The van der Waals surface area contributed by atoms with Gasteiger partial charge in [0.15, 0.2) is 0 Å². The largest absolute Gasteiger partial charge is 0.497 e. The number of hydrogen-bond donors (Lipinski definition) is 2. The summed E-state index contributed by atoms with van der Waals surface area (Å²) in [6.07, 6.45) is 0.543.